The van der Waals surface area contributed by atoms with Gasteiger partial charge in [0.1, 0.15) is 0 Å². The quantitative estimate of drug-likeness (QED) is 0.735. The number of rotatable bonds is 4. The minimum absolute atomic E-state index is 0. The maximum absolute atomic E-state index is 9.94. The van der Waals surface area contributed by atoms with Crippen LogP contribution in [0.5, 0.6) is 0 Å². The first-order valence-corrected chi connectivity index (χ1v) is 3.10. The number of carboxylic acids is 1. The van der Waals surface area contributed by atoms with Crippen molar-refractivity contribution in [1.29, 1.82) is 0 Å². The normalized spacial score (nSPS) is 11.8. The van der Waals surface area contributed by atoms with Crippen LogP contribution in [0.3, 0.4) is 0 Å². The van der Waals surface area contributed by atoms with Crippen molar-refractivity contribution < 1.29 is 9.90 Å². The summed E-state index contributed by atoms with van der Waals surface area (Å²) in [4.78, 5) is 9.94. The molecule has 0 heterocycles. The maximum Gasteiger partial charge on any atom is 0.303 e. The van der Waals surface area contributed by atoms with E-state index in [-0.39, 0.29) is 29.4 Å². The zero-order valence-corrected chi connectivity index (χ0v) is 7.75. The fourth-order valence-corrected chi connectivity index (χ4v) is 0.575. The fraction of sp³-hybridized carbons (Fsp3) is 0.833. The van der Waals surface area contributed by atoms with E-state index in [1.807, 2.05) is 6.92 Å². The Morgan fingerprint density at radius 2 is 2.20 bits per heavy atom. The number of hydrogen-bond acceptors (Lipinski definition) is 2. The molecule has 1 atom stereocenters. The third-order valence-corrected chi connectivity index (χ3v) is 1.05. The Labute approximate surface area is 71.4 Å². The highest BCUT2D eigenvalue weighted by atomic mass is 79.9. The van der Waals surface area contributed by atoms with Gasteiger partial charge in [-0.05, 0) is 19.8 Å². The smallest absolute Gasteiger partial charge is 0.303 e. The Kier molecular flexibility index (Phi) is 8.83. The molecule has 0 spiro atoms. The molecule has 3 N–H and O–H groups in total. The van der Waals surface area contributed by atoms with Crippen molar-refractivity contribution in [2.24, 2.45) is 5.73 Å². The molecule has 0 aromatic rings. The molecule has 0 aromatic heterocycles. The standard InChI is InChI=1S/C6H13NO2.BrH/c1-5(7)3-2-4-6(8)9;/h5H,2-4,7H2,1H3,(H,8,9);1H. The van der Waals surface area contributed by atoms with Gasteiger partial charge in [-0.3, -0.25) is 4.79 Å². The summed E-state index contributed by atoms with van der Waals surface area (Å²) < 4.78 is 0. The minimum atomic E-state index is -0.740. The van der Waals surface area contributed by atoms with E-state index in [4.69, 9.17) is 10.8 Å². The van der Waals surface area contributed by atoms with Crippen LogP contribution in [0.25, 0.3) is 0 Å². The molecule has 1 unspecified atom stereocenters. The van der Waals surface area contributed by atoms with Gasteiger partial charge in [0, 0.05) is 12.5 Å². The van der Waals surface area contributed by atoms with Crippen LogP contribution in [0, 0.1) is 0 Å². The lowest BCUT2D eigenvalue weighted by Gasteiger charge is -2.00. The minimum Gasteiger partial charge on any atom is -0.481 e. The highest BCUT2D eigenvalue weighted by Crippen LogP contribution is 1.96. The number of carboxylic acid groups (broad SMARTS) is 1. The second-order valence-electron chi connectivity index (χ2n) is 2.26. The Morgan fingerprint density at radius 3 is 2.50 bits per heavy atom. The average molecular weight is 212 g/mol. The first-order valence-electron chi connectivity index (χ1n) is 3.10. The molecule has 62 valence electrons. The van der Waals surface area contributed by atoms with Crippen molar-refractivity contribution >= 4 is 23.0 Å². The van der Waals surface area contributed by atoms with Crippen LogP contribution < -0.4 is 5.73 Å². The number of aliphatic carboxylic acids is 1. The number of nitrogens with two attached hydrogens (primary N) is 1. The Balaban J connectivity index is 0. The van der Waals surface area contributed by atoms with Crippen molar-refractivity contribution in [3.63, 3.8) is 0 Å². The van der Waals surface area contributed by atoms with Crippen LogP contribution in [0.4, 0.5) is 0 Å². The molecular formula is C6H14BrNO2. The van der Waals surface area contributed by atoms with Crippen molar-refractivity contribution in [3.05, 3.63) is 0 Å². The molecule has 0 saturated heterocycles. The molecule has 0 rings (SSSR count). The Hall–Kier alpha value is -0.0900. The molecule has 4 heteroatoms. The summed E-state index contributed by atoms with van der Waals surface area (Å²) in [6, 6.07) is 0.129. The molecule has 0 fully saturated rings. The van der Waals surface area contributed by atoms with E-state index >= 15 is 0 Å². The monoisotopic (exact) mass is 211 g/mol. The second-order valence-corrected chi connectivity index (χ2v) is 2.26. The molecule has 0 aliphatic rings. The van der Waals surface area contributed by atoms with Gasteiger partial charge in [-0.1, -0.05) is 0 Å². The summed E-state index contributed by atoms with van der Waals surface area (Å²) >= 11 is 0. The maximum atomic E-state index is 9.94. The van der Waals surface area contributed by atoms with Gasteiger partial charge >= 0.3 is 5.97 Å². The van der Waals surface area contributed by atoms with E-state index in [0.29, 0.717) is 6.42 Å². The topological polar surface area (TPSA) is 63.3 Å². The molecule has 10 heavy (non-hydrogen) atoms. The van der Waals surface area contributed by atoms with Gasteiger partial charge in [-0.15, -0.1) is 17.0 Å². The predicted octanol–water partition coefficient (Wildman–Crippen LogP) is 1.17. The largest absolute Gasteiger partial charge is 0.481 e. The van der Waals surface area contributed by atoms with E-state index < -0.39 is 5.97 Å². The van der Waals surface area contributed by atoms with E-state index in [2.05, 4.69) is 0 Å². The molecule has 0 aliphatic carbocycles. The predicted molar refractivity (Wildman–Crippen MR) is 45.5 cm³/mol. The molecule has 0 aromatic carbocycles. The molecule has 0 saturated carbocycles. The lowest BCUT2D eigenvalue weighted by atomic mass is 10.1. The third kappa shape index (κ3) is 10.8. The van der Waals surface area contributed by atoms with Gasteiger partial charge in [0.15, 0.2) is 0 Å². The van der Waals surface area contributed by atoms with E-state index in [1.54, 1.807) is 0 Å². The van der Waals surface area contributed by atoms with Gasteiger partial charge in [-0.25, -0.2) is 0 Å². The first kappa shape index (κ1) is 12.6. The summed E-state index contributed by atoms with van der Waals surface area (Å²) in [6.07, 6.45) is 1.72. The molecule has 0 bridgehead atoms. The molecule has 0 aliphatic heterocycles. The fourth-order valence-electron chi connectivity index (χ4n) is 0.575. The zero-order valence-electron chi connectivity index (χ0n) is 6.04. The van der Waals surface area contributed by atoms with Crippen molar-refractivity contribution in [2.75, 3.05) is 0 Å². The molecule has 3 nitrogen and oxygen atoms in total. The van der Waals surface area contributed by atoms with Crippen molar-refractivity contribution in [1.82, 2.24) is 0 Å². The van der Waals surface area contributed by atoms with Gasteiger partial charge in [0.05, 0.1) is 0 Å². The molecular weight excluding hydrogens is 198 g/mol. The van der Waals surface area contributed by atoms with Gasteiger partial charge in [0.2, 0.25) is 0 Å². The van der Waals surface area contributed by atoms with Crippen molar-refractivity contribution in [3.8, 4) is 0 Å². The number of halogens is 1. The first-order chi connectivity index (χ1) is 4.13. The van der Waals surface area contributed by atoms with Crippen LogP contribution in [-0.2, 0) is 4.79 Å². The highest BCUT2D eigenvalue weighted by Gasteiger charge is 1.97. The van der Waals surface area contributed by atoms with Crippen LogP contribution in [0.15, 0.2) is 0 Å². The van der Waals surface area contributed by atoms with E-state index in [0.717, 1.165) is 6.42 Å². The molecule has 0 amide bonds. The van der Waals surface area contributed by atoms with Gasteiger partial charge < -0.3 is 10.8 Å². The summed E-state index contributed by atoms with van der Waals surface area (Å²) in [5.41, 5.74) is 5.39. The van der Waals surface area contributed by atoms with Crippen LogP contribution >= 0.6 is 17.0 Å². The van der Waals surface area contributed by atoms with Crippen molar-refractivity contribution in [2.45, 2.75) is 32.2 Å². The number of carbonyl (C=O) groups is 1. The van der Waals surface area contributed by atoms with Crippen LogP contribution in [0.1, 0.15) is 26.2 Å². The van der Waals surface area contributed by atoms with Crippen LogP contribution in [0.2, 0.25) is 0 Å². The highest BCUT2D eigenvalue weighted by molar-refractivity contribution is 8.93. The summed E-state index contributed by atoms with van der Waals surface area (Å²) in [5.74, 6) is -0.740. The van der Waals surface area contributed by atoms with E-state index in [1.165, 1.54) is 0 Å². The Bertz CT molecular complexity index is 95.7. The summed E-state index contributed by atoms with van der Waals surface area (Å²) in [5, 5.41) is 8.19. The van der Waals surface area contributed by atoms with E-state index in [9.17, 15) is 4.79 Å². The van der Waals surface area contributed by atoms with Crippen LogP contribution in [-0.4, -0.2) is 17.1 Å². The Morgan fingerprint density at radius 1 is 1.70 bits per heavy atom. The SMILES string of the molecule is Br.CC(N)CCCC(=O)O. The van der Waals surface area contributed by atoms with Gasteiger partial charge in [0.25, 0.3) is 0 Å². The zero-order chi connectivity index (χ0) is 7.28. The molecule has 0 radical (unpaired) electrons. The van der Waals surface area contributed by atoms with Gasteiger partial charge in [-0.2, -0.15) is 0 Å². The lowest BCUT2D eigenvalue weighted by molar-refractivity contribution is -0.137. The lowest BCUT2D eigenvalue weighted by Crippen LogP contribution is -2.14. The summed E-state index contributed by atoms with van der Waals surface area (Å²) in [6.45, 7) is 1.88. The summed E-state index contributed by atoms with van der Waals surface area (Å²) in [7, 11) is 0. The second kappa shape index (κ2) is 7.02. The average Bonchev–Trinajstić information content (AvgIpc) is 1.63. The third-order valence-electron chi connectivity index (χ3n) is 1.05. The number of hydrogen-bond donors (Lipinski definition) is 2.